The van der Waals surface area contributed by atoms with Crippen LogP contribution in [0.1, 0.15) is 32.3 Å². The summed E-state index contributed by atoms with van der Waals surface area (Å²) in [7, 11) is 0. The van der Waals surface area contributed by atoms with E-state index in [0.29, 0.717) is 18.1 Å². The van der Waals surface area contributed by atoms with Gasteiger partial charge in [-0.25, -0.2) is 4.98 Å². The third kappa shape index (κ3) is 4.60. The maximum atomic E-state index is 13.5. The molecule has 2 unspecified atom stereocenters. The fraction of sp³-hybridized carbons (Fsp3) is 0.429. The molecule has 2 aliphatic rings. The van der Waals surface area contributed by atoms with Crippen molar-refractivity contribution in [2.24, 2.45) is 5.92 Å². The van der Waals surface area contributed by atoms with Gasteiger partial charge >= 0.3 is 0 Å². The lowest BCUT2D eigenvalue weighted by Crippen LogP contribution is -2.59. The van der Waals surface area contributed by atoms with Crippen molar-refractivity contribution in [3.63, 3.8) is 0 Å². The Kier molecular flexibility index (Phi) is 6.32. The predicted molar refractivity (Wildman–Crippen MR) is 136 cm³/mol. The van der Waals surface area contributed by atoms with E-state index in [2.05, 4.69) is 83.6 Å². The Morgan fingerprint density at radius 3 is 2.61 bits per heavy atom. The summed E-state index contributed by atoms with van der Waals surface area (Å²) in [5, 5.41) is 6.15. The number of benzene rings is 2. The van der Waals surface area contributed by atoms with Crippen LogP contribution in [0, 0.1) is 5.92 Å². The van der Waals surface area contributed by atoms with Crippen LogP contribution >= 0.6 is 0 Å². The van der Waals surface area contributed by atoms with Gasteiger partial charge < -0.3 is 10.2 Å². The molecule has 5 nitrogen and oxygen atoms in total. The summed E-state index contributed by atoms with van der Waals surface area (Å²) in [6, 6.07) is 19.1. The van der Waals surface area contributed by atoms with Crippen LogP contribution in [-0.4, -0.2) is 53.9 Å². The molecular weight excluding hydrogens is 408 g/mol. The Bertz CT molecular complexity index is 1110. The molecule has 2 aromatic carbocycles. The van der Waals surface area contributed by atoms with Crippen molar-refractivity contribution in [2.45, 2.75) is 45.2 Å². The average Bonchev–Trinajstić information content (AvgIpc) is 2.84. The van der Waals surface area contributed by atoms with Gasteiger partial charge in [-0.15, -0.1) is 0 Å². The number of aromatic nitrogens is 1. The smallest absolute Gasteiger partial charge is 0.152 e. The van der Waals surface area contributed by atoms with Crippen molar-refractivity contribution in [1.29, 1.82) is 0 Å². The molecular formula is C28H34N4O. The molecule has 1 aromatic heterocycles. The number of fused-ring (bicyclic) bond motifs is 2. The molecule has 5 heteroatoms. The van der Waals surface area contributed by atoms with Crippen molar-refractivity contribution in [3.05, 3.63) is 66.4 Å². The molecule has 0 spiro atoms. The first kappa shape index (κ1) is 21.9. The average molecular weight is 443 g/mol. The van der Waals surface area contributed by atoms with E-state index in [9.17, 15) is 4.79 Å². The Hall–Kier alpha value is -2.92. The van der Waals surface area contributed by atoms with E-state index in [1.54, 1.807) is 0 Å². The number of nitrogens with zero attached hydrogens (tertiary/aromatic N) is 3. The Labute approximate surface area is 196 Å². The number of aryl methyl sites for hydroxylation is 1. The highest BCUT2D eigenvalue weighted by Crippen LogP contribution is 2.30. The van der Waals surface area contributed by atoms with Crippen LogP contribution in [0.2, 0.25) is 0 Å². The van der Waals surface area contributed by atoms with Crippen molar-refractivity contribution in [2.75, 3.05) is 36.4 Å². The molecule has 0 saturated carbocycles. The molecule has 33 heavy (non-hydrogen) atoms. The van der Waals surface area contributed by atoms with Gasteiger partial charge in [-0.05, 0) is 41.8 Å². The summed E-state index contributed by atoms with van der Waals surface area (Å²) in [4.78, 5) is 23.0. The summed E-state index contributed by atoms with van der Waals surface area (Å²) in [6.45, 7) is 7.80. The SMILES string of the molecule is CC(C)CC(=O)C(C1CCc2ccccc2N1)N1CCN(c2nccc3ccccc23)CC1. The van der Waals surface area contributed by atoms with E-state index < -0.39 is 0 Å². The van der Waals surface area contributed by atoms with Gasteiger partial charge in [-0.2, -0.15) is 0 Å². The molecule has 1 N–H and O–H groups in total. The summed E-state index contributed by atoms with van der Waals surface area (Å²) in [5.74, 6) is 1.80. The first-order valence-corrected chi connectivity index (χ1v) is 12.3. The zero-order valence-electron chi connectivity index (χ0n) is 19.7. The third-order valence-corrected chi connectivity index (χ3v) is 7.06. The third-order valence-electron chi connectivity index (χ3n) is 7.06. The molecule has 2 aliphatic heterocycles. The van der Waals surface area contributed by atoms with Crippen molar-refractivity contribution >= 4 is 28.1 Å². The topological polar surface area (TPSA) is 48.5 Å². The van der Waals surface area contributed by atoms with Crippen LogP contribution in [-0.2, 0) is 11.2 Å². The molecule has 0 bridgehead atoms. The monoisotopic (exact) mass is 442 g/mol. The van der Waals surface area contributed by atoms with Crippen LogP contribution in [0.5, 0.6) is 0 Å². The van der Waals surface area contributed by atoms with E-state index in [1.165, 1.54) is 22.0 Å². The molecule has 3 aromatic rings. The zero-order chi connectivity index (χ0) is 22.8. The summed E-state index contributed by atoms with van der Waals surface area (Å²) in [5.41, 5.74) is 2.55. The number of ketones is 1. The second kappa shape index (κ2) is 9.52. The number of anilines is 2. The van der Waals surface area contributed by atoms with Crippen LogP contribution in [0.3, 0.4) is 0 Å². The molecule has 1 saturated heterocycles. The van der Waals surface area contributed by atoms with Gasteiger partial charge in [0.1, 0.15) is 5.82 Å². The maximum Gasteiger partial charge on any atom is 0.152 e. The number of rotatable bonds is 6. The minimum Gasteiger partial charge on any atom is -0.380 e. The molecule has 0 amide bonds. The van der Waals surface area contributed by atoms with Gasteiger partial charge in [-0.3, -0.25) is 9.69 Å². The highest BCUT2D eigenvalue weighted by molar-refractivity contribution is 5.92. The number of hydrogen-bond donors (Lipinski definition) is 1. The number of hydrogen-bond acceptors (Lipinski definition) is 5. The fourth-order valence-electron chi connectivity index (χ4n) is 5.47. The number of Topliss-reactive ketones (excluding diaryl/α,β-unsaturated/α-hetero) is 1. The number of pyridine rings is 1. The lowest BCUT2D eigenvalue weighted by Gasteiger charge is -2.43. The van der Waals surface area contributed by atoms with Crippen molar-refractivity contribution in [1.82, 2.24) is 9.88 Å². The van der Waals surface area contributed by atoms with E-state index >= 15 is 0 Å². The Balaban J connectivity index is 1.34. The Morgan fingerprint density at radius 2 is 1.79 bits per heavy atom. The van der Waals surface area contributed by atoms with Gasteiger partial charge in [0, 0.05) is 55.9 Å². The lowest BCUT2D eigenvalue weighted by atomic mass is 9.88. The number of carbonyl (C=O) groups is 1. The first-order chi connectivity index (χ1) is 16.1. The van der Waals surface area contributed by atoms with Gasteiger partial charge in [0.2, 0.25) is 0 Å². The zero-order valence-corrected chi connectivity index (χ0v) is 19.7. The van der Waals surface area contributed by atoms with Crippen LogP contribution in [0.4, 0.5) is 11.5 Å². The van der Waals surface area contributed by atoms with Gasteiger partial charge in [-0.1, -0.05) is 56.3 Å². The van der Waals surface area contributed by atoms with E-state index in [0.717, 1.165) is 44.8 Å². The van der Waals surface area contributed by atoms with E-state index in [4.69, 9.17) is 4.98 Å². The van der Waals surface area contributed by atoms with Crippen molar-refractivity contribution in [3.8, 4) is 0 Å². The number of para-hydroxylation sites is 1. The molecule has 172 valence electrons. The minimum absolute atomic E-state index is 0.0802. The quantitative estimate of drug-likeness (QED) is 0.596. The summed E-state index contributed by atoms with van der Waals surface area (Å²) in [6.07, 6.45) is 4.56. The molecule has 5 rings (SSSR count). The second-order valence-electron chi connectivity index (χ2n) is 9.83. The predicted octanol–water partition coefficient (Wildman–Crippen LogP) is 4.77. The van der Waals surface area contributed by atoms with Crippen LogP contribution < -0.4 is 10.2 Å². The summed E-state index contributed by atoms with van der Waals surface area (Å²) >= 11 is 0. The highest BCUT2D eigenvalue weighted by Gasteiger charge is 2.37. The number of carbonyl (C=O) groups excluding carboxylic acids is 1. The van der Waals surface area contributed by atoms with Crippen LogP contribution in [0.25, 0.3) is 10.8 Å². The van der Waals surface area contributed by atoms with Gasteiger partial charge in [0.05, 0.1) is 6.04 Å². The number of piperazine rings is 1. The fourth-order valence-corrected chi connectivity index (χ4v) is 5.47. The molecule has 2 atom stereocenters. The molecule has 3 heterocycles. The second-order valence-corrected chi connectivity index (χ2v) is 9.83. The largest absolute Gasteiger partial charge is 0.380 e. The molecule has 0 aliphatic carbocycles. The summed E-state index contributed by atoms with van der Waals surface area (Å²) < 4.78 is 0. The minimum atomic E-state index is -0.0802. The van der Waals surface area contributed by atoms with E-state index in [1.807, 2.05) is 6.20 Å². The van der Waals surface area contributed by atoms with Gasteiger partial charge in [0.15, 0.2) is 5.78 Å². The standard InChI is InChI=1S/C28H34N4O/c1-20(2)19-26(33)27(25-12-11-22-8-4-6-10-24(22)30-25)31-15-17-32(18-16-31)28-23-9-5-3-7-21(23)13-14-29-28/h3-10,13-14,20,25,27,30H,11-12,15-19H2,1-2H3. The normalized spacial score (nSPS) is 19.8. The van der Waals surface area contributed by atoms with Crippen molar-refractivity contribution < 1.29 is 4.79 Å². The molecule has 1 fully saturated rings. The van der Waals surface area contributed by atoms with Gasteiger partial charge in [0.25, 0.3) is 0 Å². The first-order valence-electron chi connectivity index (χ1n) is 12.3. The van der Waals surface area contributed by atoms with Crippen LogP contribution in [0.15, 0.2) is 60.8 Å². The molecule has 0 radical (unpaired) electrons. The van der Waals surface area contributed by atoms with E-state index in [-0.39, 0.29) is 12.1 Å². The lowest BCUT2D eigenvalue weighted by molar-refractivity contribution is -0.125. The Morgan fingerprint density at radius 1 is 1.03 bits per heavy atom. The highest BCUT2D eigenvalue weighted by atomic mass is 16.1. The maximum absolute atomic E-state index is 13.5. The number of nitrogens with one attached hydrogen (secondary N) is 1.